The summed E-state index contributed by atoms with van der Waals surface area (Å²) in [6.45, 7) is 1.99. The third kappa shape index (κ3) is 3.37. The summed E-state index contributed by atoms with van der Waals surface area (Å²) in [7, 11) is 1.88. The topological polar surface area (TPSA) is 51.1 Å². The molecule has 0 atom stereocenters. The lowest BCUT2D eigenvalue weighted by atomic mass is 10.0. The Hall–Kier alpha value is -3.18. The van der Waals surface area contributed by atoms with Gasteiger partial charge in [0.25, 0.3) is 0 Å². The van der Waals surface area contributed by atoms with E-state index in [9.17, 15) is 9.59 Å². The van der Waals surface area contributed by atoms with Gasteiger partial charge < -0.3 is 9.88 Å². The highest BCUT2D eigenvalue weighted by molar-refractivity contribution is 7.10. The second-order valence-electron chi connectivity index (χ2n) is 6.80. The number of nitrogens with zero attached hydrogens (tertiary/aromatic N) is 1. The van der Waals surface area contributed by atoms with Crippen molar-refractivity contribution in [3.63, 3.8) is 0 Å². The molecule has 28 heavy (non-hydrogen) atoms. The van der Waals surface area contributed by atoms with Crippen molar-refractivity contribution in [3.05, 3.63) is 86.7 Å². The van der Waals surface area contributed by atoms with E-state index in [0.29, 0.717) is 16.8 Å². The van der Waals surface area contributed by atoms with Crippen molar-refractivity contribution < 1.29 is 4.79 Å². The fourth-order valence-electron chi connectivity index (χ4n) is 3.45. The van der Waals surface area contributed by atoms with E-state index in [2.05, 4.69) is 5.32 Å². The summed E-state index contributed by atoms with van der Waals surface area (Å²) in [5.41, 5.74) is 3.09. The number of nitrogens with one attached hydrogen (secondary N) is 1. The third-order valence-corrected chi connectivity index (χ3v) is 5.67. The van der Waals surface area contributed by atoms with Crippen LogP contribution in [0, 0.1) is 6.92 Å². The molecule has 2 heterocycles. The summed E-state index contributed by atoms with van der Waals surface area (Å²) in [4.78, 5) is 27.0. The van der Waals surface area contributed by atoms with Crippen LogP contribution in [0.25, 0.3) is 22.0 Å². The van der Waals surface area contributed by atoms with Crippen LogP contribution in [0.4, 0.5) is 5.82 Å². The van der Waals surface area contributed by atoms with Crippen molar-refractivity contribution in [2.24, 2.45) is 7.05 Å². The summed E-state index contributed by atoms with van der Waals surface area (Å²) < 4.78 is 1.89. The van der Waals surface area contributed by atoms with Gasteiger partial charge in [-0.05, 0) is 36.1 Å². The fraction of sp³-hybridized carbons (Fsp3) is 0.130. The second-order valence-corrected chi connectivity index (χ2v) is 7.83. The molecule has 1 amide bonds. The average molecular weight is 388 g/mol. The zero-order valence-corrected chi connectivity index (χ0v) is 16.5. The smallest absolute Gasteiger partial charge is 0.230 e. The number of aryl methyl sites for hydroxylation is 2. The number of rotatable bonds is 4. The van der Waals surface area contributed by atoms with Crippen LogP contribution in [0.3, 0.4) is 0 Å². The molecule has 2 aromatic carbocycles. The number of fused-ring (bicyclic) bond motifs is 1. The second kappa shape index (κ2) is 7.44. The van der Waals surface area contributed by atoms with Gasteiger partial charge in [-0.2, -0.15) is 0 Å². The normalized spacial score (nSPS) is 10.9. The highest BCUT2D eigenvalue weighted by atomic mass is 32.1. The van der Waals surface area contributed by atoms with Crippen molar-refractivity contribution in [2.75, 3.05) is 5.32 Å². The summed E-state index contributed by atoms with van der Waals surface area (Å²) in [6.07, 6.45) is 0.284. The van der Waals surface area contributed by atoms with E-state index in [1.807, 2.05) is 84.6 Å². The first-order valence-electron chi connectivity index (χ1n) is 9.05. The van der Waals surface area contributed by atoms with E-state index in [1.54, 1.807) is 11.3 Å². The minimum atomic E-state index is -0.137. The molecular formula is C23H20N2O2S. The lowest BCUT2D eigenvalue weighted by Crippen LogP contribution is -2.22. The molecule has 0 saturated carbocycles. The van der Waals surface area contributed by atoms with Crippen LogP contribution in [0.5, 0.6) is 0 Å². The Balaban J connectivity index is 1.90. The molecule has 4 aromatic rings. The number of carbonyl (C=O) groups is 1. The van der Waals surface area contributed by atoms with Gasteiger partial charge in [0.2, 0.25) is 5.91 Å². The molecule has 2 aromatic heterocycles. The monoisotopic (exact) mass is 388 g/mol. The first kappa shape index (κ1) is 18.2. The predicted octanol–water partition coefficient (Wildman–Crippen LogP) is 4.76. The largest absolute Gasteiger partial charge is 0.330 e. The maximum Gasteiger partial charge on any atom is 0.230 e. The lowest BCUT2D eigenvalue weighted by Gasteiger charge is -2.18. The maximum atomic E-state index is 13.3. The molecule has 5 heteroatoms. The molecular weight excluding hydrogens is 368 g/mol. The van der Waals surface area contributed by atoms with Gasteiger partial charge in [0.1, 0.15) is 5.82 Å². The molecule has 0 unspecified atom stereocenters. The zero-order chi connectivity index (χ0) is 19.7. The Morgan fingerprint density at radius 3 is 2.64 bits per heavy atom. The Bertz CT molecular complexity index is 1220. The Kier molecular flexibility index (Phi) is 4.84. The van der Waals surface area contributed by atoms with Gasteiger partial charge in [-0.25, -0.2) is 0 Å². The van der Waals surface area contributed by atoms with Crippen LogP contribution in [-0.4, -0.2) is 10.5 Å². The van der Waals surface area contributed by atoms with E-state index in [-0.39, 0.29) is 17.8 Å². The minimum absolute atomic E-state index is 0.0780. The average Bonchev–Trinajstić information content (AvgIpc) is 3.19. The van der Waals surface area contributed by atoms with E-state index < -0.39 is 0 Å². The first-order valence-corrected chi connectivity index (χ1v) is 9.93. The molecule has 4 nitrogen and oxygen atoms in total. The summed E-state index contributed by atoms with van der Waals surface area (Å²) in [5, 5.41) is 5.59. The van der Waals surface area contributed by atoms with Gasteiger partial charge in [0.15, 0.2) is 5.43 Å². The van der Waals surface area contributed by atoms with E-state index in [1.165, 1.54) is 0 Å². The number of pyridine rings is 1. The number of carbonyl (C=O) groups excluding carboxylic acids is 1. The van der Waals surface area contributed by atoms with Gasteiger partial charge >= 0.3 is 0 Å². The quantitative estimate of drug-likeness (QED) is 0.548. The number of hydrogen-bond acceptors (Lipinski definition) is 3. The maximum absolute atomic E-state index is 13.3. The number of amides is 1. The molecule has 1 N–H and O–H groups in total. The van der Waals surface area contributed by atoms with Crippen LogP contribution >= 0.6 is 11.3 Å². The summed E-state index contributed by atoms with van der Waals surface area (Å²) in [6, 6.07) is 19.1. The van der Waals surface area contributed by atoms with Crippen LogP contribution in [0.2, 0.25) is 0 Å². The molecule has 0 spiro atoms. The highest BCUT2D eigenvalue weighted by Gasteiger charge is 2.19. The number of benzene rings is 2. The van der Waals surface area contributed by atoms with Gasteiger partial charge in [-0.15, -0.1) is 11.3 Å². The van der Waals surface area contributed by atoms with Crippen LogP contribution in [0.15, 0.2) is 70.8 Å². The van der Waals surface area contributed by atoms with Crippen molar-refractivity contribution in [3.8, 4) is 11.1 Å². The SMILES string of the molecule is Cc1cccc(-c2c(NC(=O)Cc3cccs3)n(C)c3ccccc3c2=O)c1. The van der Waals surface area contributed by atoms with E-state index in [0.717, 1.165) is 21.5 Å². The first-order chi connectivity index (χ1) is 13.5. The lowest BCUT2D eigenvalue weighted by molar-refractivity contribution is -0.115. The number of aromatic nitrogens is 1. The number of thiophene rings is 1. The fourth-order valence-corrected chi connectivity index (χ4v) is 4.15. The van der Waals surface area contributed by atoms with Crippen molar-refractivity contribution in [2.45, 2.75) is 13.3 Å². The molecule has 0 radical (unpaired) electrons. The molecule has 0 fully saturated rings. The summed E-state index contributed by atoms with van der Waals surface area (Å²) in [5.74, 6) is 0.387. The van der Waals surface area contributed by atoms with Crippen LogP contribution in [-0.2, 0) is 18.3 Å². The molecule has 0 saturated heterocycles. The molecule has 4 rings (SSSR count). The van der Waals surface area contributed by atoms with E-state index in [4.69, 9.17) is 0 Å². The van der Waals surface area contributed by atoms with E-state index >= 15 is 0 Å². The van der Waals surface area contributed by atoms with Crippen molar-refractivity contribution in [1.29, 1.82) is 0 Å². The standard InChI is InChI=1S/C23H20N2O2S/c1-15-7-5-8-16(13-15)21-22(27)18-10-3-4-11-19(18)25(2)23(21)24-20(26)14-17-9-6-12-28-17/h3-13H,14H2,1-2H3,(H,24,26). The molecule has 0 aliphatic heterocycles. The molecule has 140 valence electrons. The third-order valence-electron chi connectivity index (χ3n) is 4.79. The Morgan fingerprint density at radius 2 is 1.89 bits per heavy atom. The molecule has 0 aliphatic carbocycles. The van der Waals surface area contributed by atoms with Gasteiger partial charge in [0, 0.05) is 17.3 Å². The predicted molar refractivity (Wildman–Crippen MR) is 116 cm³/mol. The number of anilines is 1. The minimum Gasteiger partial charge on any atom is -0.330 e. The van der Waals surface area contributed by atoms with Crippen molar-refractivity contribution >= 4 is 34.0 Å². The van der Waals surface area contributed by atoms with Crippen LogP contribution < -0.4 is 10.7 Å². The highest BCUT2D eigenvalue weighted by Crippen LogP contribution is 2.29. The summed E-state index contributed by atoms with van der Waals surface area (Å²) >= 11 is 1.54. The molecule has 0 bridgehead atoms. The number of hydrogen-bond donors (Lipinski definition) is 1. The van der Waals surface area contributed by atoms with Gasteiger partial charge in [-0.3, -0.25) is 9.59 Å². The Morgan fingerprint density at radius 1 is 1.07 bits per heavy atom. The molecule has 0 aliphatic rings. The van der Waals surface area contributed by atoms with Gasteiger partial charge in [0.05, 0.1) is 17.5 Å². The Labute approximate surface area is 167 Å². The van der Waals surface area contributed by atoms with Crippen molar-refractivity contribution in [1.82, 2.24) is 4.57 Å². The van der Waals surface area contributed by atoms with Crippen LogP contribution in [0.1, 0.15) is 10.4 Å². The van der Waals surface area contributed by atoms with Gasteiger partial charge in [-0.1, -0.05) is 48.0 Å². The number of para-hydroxylation sites is 1. The zero-order valence-electron chi connectivity index (χ0n) is 15.7.